The Morgan fingerprint density at radius 3 is 1.23 bits per heavy atom. The Kier molecular flexibility index (Phi) is 28.8. The first-order valence-corrected chi connectivity index (χ1v) is 35.0. The van der Waals surface area contributed by atoms with Crippen LogP contribution in [0.1, 0.15) is 108 Å². The molecule has 0 radical (unpaired) electrons. The van der Waals surface area contributed by atoms with Crippen LogP contribution in [0, 0.1) is 36.0 Å². The largest absolute Gasteiger partial charge is 0.497 e. The Bertz CT molecular complexity index is 4410. The van der Waals surface area contributed by atoms with E-state index in [4.69, 9.17) is 44.3 Å². The van der Waals surface area contributed by atoms with E-state index in [0.717, 1.165) is 79.1 Å². The number of hydrogen-bond acceptors (Lipinski definition) is 23. The highest BCUT2D eigenvalue weighted by molar-refractivity contribution is 9.10. The van der Waals surface area contributed by atoms with Crippen molar-refractivity contribution in [3.05, 3.63) is 198 Å². The standard InChI is InChI=1S/C28H31N5O4.C23H23N5O2.C21H27BrN4O4.C7H5N/c1-28(2,3)37-27(34)33-16-6-8-22(33)19-31-25-26(36-24-13-11-23(35-4)12-14-24)32-21(18-30-25)10-9-20-7-5-15-29-17-20;1-29-20-8-10-21(11-9-20)30-23-22(26-15-18-5-3-13-25-18)27-16-19(28-23)7-6-17-4-2-12-24-14-17;1-21(2,3)30-20(27)26-11-5-6-14(26)12-23-18-19(25-17(22)13-24-18)29-16-9-7-15(28-4)8-10-16;1-2-7-4-3-5-8-6-7/h5,7,11-15,17-18,22H,6,8,16,19H2,1-4H3,(H,30,31);2,4,8-12,14,16,18,25H,3,5,13,15H2,1H3,(H,26,27);7-10,13-14H,5-6,11-12H2,1-4H3,(H,23,24);1,3-6H/t22-;18-;14-;/m000./s1. The van der Waals surface area contributed by atoms with Gasteiger partial charge in [0.1, 0.15) is 61.7 Å². The number of nitrogens with one attached hydrogen (secondary N) is 4. The van der Waals surface area contributed by atoms with Gasteiger partial charge in [0.15, 0.2) is 17.5 Å². The first kappa shape index (κ1) is 77.4. The molecule has 3 aliphatic rings. The fourth-order valence-electron chi connectivity index (χ4n) is 10.5. The molecule has 3 aliphatic heterocycles. The van der Waals surface area contributed by atoms with E-state index in [-0.39, 0.29) is 30.2 Å². The van der Waals surface area contributed by atoms with Crippen molar-refractivity contribution in [2.75, 3.05) is 76.5 Å². The van der Waals surface area contributed by atoms with Gasteiger partial charge in [0.2, 0.25) is 0 Å². The molecule has 0 bridgehead atoms. The minimum Gasteiger partial charge on any atom is -0.497 e. The van der Waals surface area contributed by atoms with Crippen LogP contribution in [0.4, 0.5) is 27.0 Å². The Morgan fingerprint density at radius 2 is 0.876 bits per heavy atom. The summed E-state index contributed by atoms with van der Waals surface area (Å²) in [6, 6.07) is 33.2. The second kappa shape index (κ2) is 39.0. The highest BCUT2D eigenvalue weighted by Gasteiger charge is 2.34. The number of likely N-dealkylation sites (tertiary alicyclic amines) is 2. The molecule has 4 N–H and O–H groups in total. The van der Waals surface area contributed by atoms with Crippen LogP contribution in [0.2, 0.25) is 0 Å². The summed E-state index contributed by atoms with van der Waals surface area (Å²) in [5.41, 5.74) is 2.32. The summed E-state index contributed by atoms with van der Waals surface area (Å²) in [6.07, 6.45) is 25.4. The van der Waals surface area contributed by atoms with E-state index in [1.165, 1.54) is 6.42 Å². The minimum atomic E-state index is -0.546. The van der Waals surface area contributed by atoms with Crippen molar-refractivity contribution in [1.29, 1.82) is 0 Å². The quantitative estimate of drug-likeness (QED) is 0.0581. The van der Waals surface area contributed by atoms with Crippen LogP contribution in [-0.2, 0) is 9.47 Å². The fourth-order valence-corrected chi connectivity index (χ4v) is 10.7. The minimum absolute atomic E-state index is 0.0131. The zero-order chi connectivity index (χ0) is 74.4. The van der Waals surface area contributed by atoms with Crippen LogP contribution in [0.25, 0.3) is 0 Å². The molecule has 6 aromatic heterocycles. The highest BCUT2D eigenvalue weighted by atomic mass is 79.9. The molecule has 9 heterocycles. The topological polar surface area (TPSA) is 279 Å². The molecule has 0 spiro atoms. The maximum atomic E-state index is 12.7. The molecule has 3 fully saturated rings. The first-order chi connectivity index (χ1) is 50.8. The van der Waals surface area contributed by atoms with Gasteiger partial charge >= 0.3 is 12.2 Å². The van der Waals surface area contributed by atoms with Crippen molar-refractivity contribution < 1.29 is 47.5 Å². The molecular formula is C79H86BrN15O10. The van der Waals surface area contributed by atoms with Gasteiger partial charge in [-0.25, -0.2) is 29.5 Å². The monoisotopic (exact) mass is 1480 g/mol. The molecule has 3 saturated heterocycles. The summed E-state index contributed by atoms with van der Waals surface area (Å²) in [4.78, 5) is 67.7. The molecule has 9 aromatic rings. The number of aromatic nitrogens is 9. The Morgan fingerprint density at radius 1 is 0.495 bits per heavy atom. The van der Waals surface area contributed by atoms with Crippen LogP contribution in [0.15, 0.2) is 170 Å². The predicted molar refractivity (Wildman–Crippen MR) is 404 cm³/mol. The number of rotatable bonds is 18. The Labute approximate surface area is 621 Å². The van der Waals surface area contributed by atoms with Crippen LogP contribution in [0.5, 0.6) is 52.1 Å². The highest BCUT2D eigenvalue weighted by Crippen LogP contribution is 2.33. The number of hydrogen-bond donors (Lipinski definition) is 4. The number of benzene rings is 3. The molecule has 3 atom stereocenters. The lowest BCUT2D eigenvalue weighted by atomic mass is 10.2. The third-order valence-electron chi connectivity index (χ3n) is 15.5. The summed E-state index contributed by atoms with van der Waals surface area (Å²) >= 11 is 3.34. The van der Waals surface area contributed by atoms with Gasteiger partial charge in [-0.2, -0.15) is 9.97 Å². The zero-order valence-electron chi connectivity index (χ0n) is 60.3. The van der Waals surface area contributed by atoms with E-state index >= 15 is 0 Å². The lowest BCUT2D eigenvalue weighted by Gasteiger charge is -2.28. The Hall–Kier alpha value is -11.8. The molecule has 105 heavy (non-hydrogen) atoms. The van der Waals surface area contributed by atoms with Gasteiger partial charge in [0.25, 0.3) is 17.6 Å². The van der Waals surface area contributed by atoms with Crippen LogP contribution < -0.4 is 49.7 Å². The normalized spacial score (nSPS) is 14.8. The summed E-state index contributed by atoms with van der Waals surface area (Å²) in [5, 5.41) is 13.4. The molecule has 12 rings (SSSR count). The van der Waals surface area contributed by atoms with E-state index in [1.807, 2.05) is 114 Å². The zero-order valence-corrected chi connectivity index (χ0v) is 61.8. The number of anilines is 3. The number of carbonyl (C=O) groups excluding carboxylic acids is 2. The van der Waals surface area contributed by atoms with Gasteiger partial charge in [-0.1, -0.05) is 17.8 Å². The average Bonchev–Trinajstić information content (AvgIpc) is 0.888. The van der Waals surface area contributed by atoms with Crippen molar-refractivity contribution in [2.45, 2.75) is 109 Å². The fraction of sp³-hybridized carbons (Fsp3) is 0.329. The van der Waals surface area contributed by atoms with Crippen molar-refractivity contribution in [3.8, 4) is 88.2 Å². The number of pyridine rings is 3. The molecule has 0 unspecified atom stereocenters. The van der Waals surface area contributed by atoms with E-state index in [9.17, 15) is 9.59 Å². The molecule has 0 saturated carbocycles. The van der Waals surface area contributed by atoms with Crippen molar-refractivity contribution >= 4 is 45.6 Å². The second-order valence-electron chi connectivity index (χ2n) is 25.7. The average molecular weight is 1490 g/mol. The number of methoxy groups -OCH3 is 3. The molecule has 3 aromatic carbocycles. The van der Waals surface area contributed by atoms with Gasteiger partial charge in [0.05, 0.1) is 52.0 Å². The number of halogens is 1. The molecule has 25 nitrogen and oxygen atoms in total. The van der Waals surface area contributed by atoms with Crippen molar-refractivity contribution in [1.82, 2.24) is 60.0 Å². The van der Waals surface area contributed by atoms with Crippen LogP contribution in [-0.4, -0.2) is 157 Å². The smallest absolute Gasteiger partial charge is 0.410 e. The maximum absolute atomic E-state index is 12.7. The molecule has 26 heteroatoms. The lowest BCUT2D eigenvalue weighted by molar-refractivity contribution is 0.0224. The first-order valence-electron chi connectivity index (χ1n) is 34.2. The summed E-state index contributed by atoms with van der Waals surface area (Å²) in [7, 11) is 4.85. The Balaban J connectivity index is 0.000000174. The number of nitrogens with zero attached hydrogens (tertiary/aromatic N) is 11. The number of carbonyl (C=O) groups is 2. The van der Waals surface area contributed by atoms with E-state index in [2.05, 4.69) is 112 Å². The summed E-state index contributed by atoms with van der Waals surface area (Å²) in [5.74, 6) is 21.2. The second-order valence-corrected chi connectivity index (χ2v) is 26.6. The van der Waals surface area contributed by atoms with E-state index < -0.39 is 11.2 Å². The molecular weight excluding hydrogens is 1400 g/mol. The maximum Gasteiger partial charge on any atom is 0.410 e. The van der Waals surface area contributed by atoms with Gasteiger partial charge in [-0.15, -0.1) is 6.42 Å². The number of terminal acetylenes is 1. The lowest BCUT2D eigenvalue weighted by Crippen LogP contribution is -2.42. The number of ether oxygens (including phenoxy) is 8. The van der Waals surface area contributed by atoms with Crippen molar-refractivity contribution in [3.63, 3.8) is 0 Å². The van der Waals surface area contributed by atoms with E-state index in [1.54, 1.807) is 123 Å². The molecule has 544 valence electrons. The predicted octanol–water partition coefficient (Wildman–Crippen LogP) is 14.0. The van der Waals surface area contributed by atoms with Crippen molar-refractivity contribution in [2.24, 2.45) is 0 Å². The molecule has 0 aliphatic carbocycles. The van der Waals surface area contributed by atoms with E-state index in [0.29, 0.717) is 94.7 Å². The third-order valence-corrected chi connectivity index (χ3v) is 15.9. The summed E-state index contributed by atoms with van der Waals surface area (Å²) in [6.45, 7) is 15.4. The third kappa shape index (κ3) is 25.6. The van der Waals surface area contributed by atoms with Gasteiger partial charge < -0.3 is 69.0 Å². The SMILES string of the molecule is C#Cc1cccnc1.COc1ccc(Oc2nc(Br)cnc2NC[C@@H]2CCCN2C(=O)OC(C)(C)C)cc1.COc1ccc(Oc2nc(C#Cc3cccnc3)cnc2NC[C@@H]2CCCN2)cc1.COc1ccc(Oc2nc(C#Cc3cccnc3)cnc2NC[C@@H]2CCCN2C(=O)OC(C)(C)C)cc1. The summed E-state index contributed by atoms with van der Waals surface area (Å²) < 4.78 is 45.3. The van der Waals surface area contributed by atoms with Gasteiger partial charge in [0, 0.05) is 92.6 Å². The van der Waals surface area contributed by atoms with Gasteiger partial charge in [-0.05, 0) is 224 Å². The number of amides is 2. The van der Waals surface area contributed by atoms with Crippen LogP contribution >= 0.6 is 15.9 Å². The van der Waals surface area contributed by atoms with Gasteiger partial charge in [-0.3, -0.25) is 15.0 Å². The van der Waals surface area contributed by atoms with Crippen LogP contribution in [0.3, 0.4) is 0 Å². The molecule has 2 amide bonds.